The molecule has 0 bridgehead atoms. The average molecular weight is 158 g/mol. The fourth-order valence-electron chi connectivity index (χ4n) is 0.673. The Kier molecular flexibility index (Phi) is 5.78. The summed E-state index contributed by atoms with van der Waals surface area (Å²) in [4.78, 5) is 0. The van der Waals surface area contributed by atoms with Crippen LogP contribution in [0.2, 0.25) is 0 Å². The Bertz CT molecular complexity index is 120. The van der Waals surface area contributed by atoms with Gasteiger partial charge >= 0.3 is 0 Å². The SMILES string of the molecule is CCCC/C(C)=N/NC(N)N. The average Bonchev–Trinajstić information content (AvgIpc) is 1.97. The van der Waals surface area contributed by atoms with E-state index in [4.69, 9.17) is 11.5 Å². The van der Waals surface area contributed by atoms with Crippen molar-refractivity contribution < 1.29 is 0 Å². The van der Waals surface area contributed by atoms with E-state index in [0.717, 1.165) is 18.6 Å². The Morgan fingerprint density at radius 2 is 2.18 bits per heavy atom. The molecule has 0 atom stereocenters. The zero-order valence-corrected chi connectivity index (χ0v) is 7.30. The summed E-state index contributed by atoms with van der Waals surface area (Å²) in [6.45, 7) is 4.11. The fourth-order valence-corrected chi connectivity index (χ4v) is 0.673. The van der Waals surface area contributed by atoms with Crippen molar-refractivity contribution in [2.24, 2.45) is 16.6 Å². The van der Waals surface area contributed by atoms with Crippen LogP contribution in [0.5, 0.6) is 0 Å². The Balaban J connectivity index is 3.46. The van der Waals surface area contributed by atoms with Gasteiger partial charge in [-0.25, -0.2) is 0 Å². The van der Waals surface area contributed by atoms with Crippen molar-refractivity contribution in [2.45, 2.75) is 39.4 Å². The molecule has 0 heterocycles. The first-order valence-corrected chi connectivity index (χ1v) is 3.96. The number of hydrogen-bond acceptors (Lipinski definition) is 4. The predicted octanol–water partition coefficient (Wildman–Crippen LogP) is 0.343. The van der Waals surface area contributed by atoms with E-state index in [9.17, 15) is 0 Å². The Morgan fingerprint density at radius 3 is 2.64 bits per heavy atom. The molecule has 0 fully saturated rings. The first-order chi connectivity index (χ1) is 5.16. The number of rotatable bonds is 5. The lowest BCUT2D eigenvalue weighted by Gasteiger charge is -2.04. The van der Waals surface area contributed by atoms with Crippen LogP contribution in [0, 0.1) is 0 Å². The standard InChI is InChI=1S/C7H18N4/c1-3-4-5-6(2)10-11-7(8)9/h7,11H,3-5,8-9H2,1-2H3/b10-6+. The maximum Gasteiger partial charge on any atom is 0.142 e. The second kappa shape index (κ2) is 6.12. The number of hydrazone groups is 1. The molecule has 0 aliphatic rings. The summed E-state index contributed by atoms with van der Waals surface area (Å²) in [6, 6.07) is 0. The molecule has 0 aliphatic heterocycles. The lowest BCUT2D eigenvalue weighted by Crippen LogP contribution is -2.42. The van der Waals surface area contributed by atoms with E-state index in [1.54, 1.807) is 0 Å². The van der Waals surface area contributed by atoms with Crippen LogP contribution >= 0.6 is 0 Å². The molecule has 11 heavy (non-hydrogen) atoms. The number of nitrogens with one attached hydrogen (secondary N) is 1. The van der Waals surface area contributed by atoms with Gasteiger partial charge < -0.3 is 0 Å². The monoisotopic (exact) mass is 158 g/mol. The molecule has 4 nitrogen and oxygen atoms in total. The van der Waals surface area contributed by atoms with Gasteiger partial charge in [0.15, 0.2) is 0 Å². The van der Waals surface area contributed by atoms with Crippen LogP contribution in [0.3, 0.4) is 0 Å². The van der Waals surface area contributed by atoms with E-state index in [-0.39, 0.29) is 0 Å². The highest BCUT2D eigenvalue weighted by Crippen LogP contribution is 1.95. The normalized spacial score (nSPS) is 12.3. The van der Waals surface area contributed by atoms with Crippen molar-refractivity contribution in [1.29, 1.82) is 0 Å². The van der Waals surface area contributed by atoms with Gasteiger partial charge in [0.1, 0.15) is 6.29 Å². The highest BCUT2D eigenvalue weighted by atomic mass is 15.4. The van der Waals surface area contributed by atoms with Crippen LogP contribution in [-0.4, -0.2) is 12.0 Å². The van der Waals surface area contributed by atoms with Crippen molar-refractivity contribution in [3.63, 3.8) is 0 Å². The first kappa shape index (κ1) is 10.4. The molecule has 0 unspecified atom stereocenters. The van der Waals surface area contributed by atoms with Gasteiger partial charge in [-0.3, -0.25) is 16.9 Å². The van der Waals surface area contributed by atoms with Crippen LogP contribution in [0.25, 0.3) is 0 Å². The van der Waals surface area contributed by atoms with Crippen molar-refractivity contribution in [3.8, 4) is 0 Å². The van der Waals surface area contributed by atoms with Gasteiger partial charge in [-0.15, -0.1) is 0 Å². The minimum Gasteiger partial charge on any atom is -0.298 e. The third-order valence-corrected chi connectivity index (χ3v) is 1.30. The predicted molar refractivity (Wildman–Crippen MR) is 47.9 cm³/mol. The summed E-state index contributed by atoms with van der Waals surface area (Å²) in [5, 5.41) is 3.98. The summed E-state index contributed by atoms with van der Waals surface area (Å²) in [5.41, 5.74) is 14.1. The smallest absolute Gasteiger partial charge is 0.142 e. The maximum atomic E-state index is 5.23. The molecule has 0 saturated heterocycles. The third kappa shape index (κ3) is 7.29. The lowest BCUT2D eigenvalue weighted by atomic mass is 10.2. The number of nitrogens with two attached hydrogens (primary N) is 2. The molecule has 0 aliphatic carbocycles. The minimum atomic E-state index is -0.549. The number of hydrogen-bond donors (Lipinski definition) is 3. The minimum absolute atomic E-state index is 0.549. The first-order valence-electron chi connectivity index (χ1n) is 3.96. The van der Waals surface area contributed by atoms with Crippen LogP contribution in [-0.2, 0) is 0 Å². The summed E-state index contributed by atoms with van der Waals surface area (Å²) < 4.78 is 0. The molecular formula is C7H18N4. The summed E-state index contributed by atoms with van der Waals surface area (Å²) in [5.74, 6) is 0. The number of nitrogens with zero attached hydrogens (tertiary/aromatic N) is 1. The zero-order chi connectivity index (χ0) is 8.69. The van der Waals surface area contributed by atoms with Crippen molar-refractivity contribution in [1.82, 2.24) is 5.43 Å². The van der Waals surface area contributed by atoms with E-state index in [0.29, 0.717) is 0 Å². The number of unbranched alkanes of at least 4 members (excludes halogenated alkanes) is 1. The molecule has 0 spiro atoms. The second-order valence-corrected chi connectivity index (χ2v) is 2.61. The van der Waals surface area contributed by atoms with Gasteiger partial charge in [0.25, 0.3) is 0 Å². The molecule has 5 N–H and O–H groups in total. The van der Waals surface area contributed by atoms with Gasteiger partial charge in [-0.05, 0) is 19.8 Å². The van der Waals surface area contributed by atoms with Crippen LogP contribution in [0.4, 0.5) is 0 Å². The molecule has 0 amide bonds. The largest absolute Gasteiger partial charge is 0.298 e. The summed E-state index contributed by atoms with van der Waals surface area (Å²) >= 11 is 0. The van der Waals surface area contributed by atoms with E-state index >= 15 is 0 Å². The highest BCUT2D eigenvalue weighted by Gasteiger charge is 1.91. The maximum absolute atomic E-state index is 5.23. The van der Waals surface area contributed by atoms with Gasteiger partial charge in [-0.2, -0.15) is 5.10 Å². The van der Waals surface area contributed by atoms with E-state index in [2.05, 4.69) is 17.5 Å². The third-order valence-electron chi connectivity index (χ3n) is 1.30. The summed E-state index contributed by atoms with van der Waals surface area (Å²) in [7, 11) is 0. The second-order valence-electron chi connectivity index (χ2n) is 2.61. The molecule has 0 saturated carbocycles. The van der Waals surface area contributed by atoms with Gasteiger partial charge in [0.05, 0.1) is 0 Å². The van der Waals surface area contributed by atoms with E-state index in [1.807, 2.05) is 6.92 Å². The Hall–Kier alpha value is -0.610. The zero-order valence-electron chi connectivity index (χ0n) is 7.30. The van der Waals surface area contributed by atoms with Crippen LogP contribution in [0.15, 0.2) is 5.10 Å². The molecule has 0 rings (SSSR count). The molecule has 4 heteroatoms. The van der Waals surface area contributed by atoms with Gasteiger partial charge in [0, 0.05) is 5.71 Å². The molecule has 0 radical (unpaired) electrons. The molecule has 0 aromatic carbocycles. The van der Waals surface area contributed by atoms with Crippen molar-refractivity contribution in [2.75, 3.05) is 0 Å². The van der Waals surface area contributed by atoms with Crippen molar-refractivity contribution >= 4 is 5.71 Å². The lowest BCUT2D eigenvalue weighted by molar-refractivity contribution is 0.568. The summed E-state index contributed by atoms with van der Waals surface area (Å²) in [6.07, 6.45) is 2.81. The Labute approximate surface area is 68.0 Å². The van der Waals surface area contributed by atoms with E-state index in [1.165, 1.54) is 6.42 Å². The molecule has 66 valence electrons. The molecule has 0 aromatic rings. The fraction of sp³-hybridized carbons (Fsp3) is 0.857. The van der Waals surface area contributed by atoms with Gasteiger partial charge in [-0.1, -0.05) is 13.3 Å². The van der Waals surface area contributed by atoms with Crippen LogP contribution in [0.1, 0.15) is 33.1 Å². The van der Waals surface area contributed by atoms with E-state index < -0.39 is 6.29 Å². The van der Waals surface area contributed by atoms with Crippen molar-refractivity contribution in [3.05, 3.63) is 0 Å². The van der Waals surface area contributed by atoms with Gasteiger partial charge in [0.2, 0.25) is 0 Å². The molecular weight excluding hydrogens is 140 g/mol. The Morgan fingerprint density at radius 1 is 1.55 bits per heavy atom. The topological polar surface area (TPSA) is 76.4 Å². The molecule has 0 aromatic heterocycles. The van der Waals surface area contributed by atoms with Crippen LogP contribution < -0.4 is 16.9 Å². The highest BCUT2D eigenvalue weighted by molar-refractivity contribution is 5.81. The quantitative estimate of drug-likeness (QED) is 0.307.